The SMILES string of the molecule is O=C(Nc1cnn(-c2ccccc2)c1)N1CCOCC1CC1CC1. The zero-order valence-electron chi connectivity index (χ0n) is 13.6. The Kier molecular flexibility index (Phi) is 4.21. The zero-order chi connectivity index (χ0) is 16.4. The molecule has 1 saturated carbocycles. The highest BCUT2D eigenvalue weighted by atomic mass is 16.5. The number of hydrogen-bond acceptors (Lipinski definition) is 3. The van der Waals surface area contributed by atoms with Crippen LogP contribution in [0.5, 0.6) is 0 Å². The molecule has 24 heavy (non-hydrogen) atoms. The van der Waals surface area contributed by atoms with Gasteiger partial charge < -0.3 is 15.0 Å². The van der Waals surface area contributed by atoms with Crippen LogP contribution >= 0.6 is 0 Å². The number of carbonyl (C=O) groups excluding carboxylic acids is 1. The summed E-state index contributed by atoms with van der Waals surface area (Å²) in [5.41, 5.74) is 1.68. The van der Waals surface area contributed by atoms with Gasteiger partial charge in [-0.25, -0.2) is 9.48 Å². The molecule has 1 atom stereocenters. The maximum absolute atomic E-state index is 12.6. The average molecular weight is 326 g/mol. The molecule has 1 aliphatic carbocycles. The van der Waals surface area contributed by atoms with Gasteiger partial charge in [-0.1, -0.05) is 31.0 Å². The predicted molar refractivity (Wildman–Crippen MR) is 91.2 cm³/mol. The number of urea groups is 1. The Labute approximate surface area is 141 Å². The van der Waals surface area contributed by atoms with E-state index < -0.39 is 0 Å². The van der Waals surface area contributed by atoms with Crippen LogP contribution in [0.1, 0.15) is 19.3 Å². The summed E-state index contributed by atoms with van der Waals surface area (Å²) < 4.78 is 7.33. The van der Waals surface area contributed by atoms with Gasteiger partial charge in [0.25, 0.3) is 0 Å². The van der Waals surface area contributed by atoms with Crippen LogP contribution in [0.2, 0.25) is 0 Å². The lowest BCUT2D eigenvalue weighted by Gasteiger charge is -2.35. The van der Waals surface area contributed by atoms with Crippen molar-refractivity contribution in [2.75, 3.05) is 25.1 Å². The van der Waals surface area contributed by atoms with Gasteiger partial charge in [-0.05, 0) is 24.5 Å². The topological polar surface area (TPSA) is 59.4 Å². The molecular formula is C18H22N4O2. The average Bonchev–Trinajstić information content (AvgIpc) is 3.31. The summed E-state index contributed by atoms with van der Waals surface area (Å²) in [7, 11) is 0. The minimum absolute atomic E-state index is 0.0587. The number of nitrogens with one attached hydrogen (secondary N) is 1. The Morgan fingerprint density at radius 3 is 2.92 bits per heavy atom. The first-order chi connectivity index (χ1) is 11.8. The van der Waals surface area contributed by atoms with Crippen molar-refractivity contribution in [3.8, 4) is 5.69 Å². The predicted octanol–water partition coefficient (Wildman–Crippen LogP) is 2.91. The number of carbonyl (C=O) groups is 1. The number of ether oxygens (including phenoxy) is 1. The maximum Gasteiger partial charge on any atom is 0.322 e. The number of anilines is 1. The van der Waals surface area contributed by atoms with Gasteiger partial charge in [0.2, 0.25) is 0 Å². The van der Waals surface area contributed by atoms with Gasteiger partial charge in [0, 0.05) is 6.54 Å². The molecule has 6 heteroatoms. The van der Waals surface area contributed by atoms with Crippen LogP contribution in [0.4, 0.5) is 10.5 Å². The fourth-order valence-electron chi connectivity index (χ4n) is 3.16. The number of benzene rings is 1. The smallest absolute Gasteiger partial charge is 0.322 e. The molecule has 2 fully saturated rings. The van der Waals surface area contributed by atoms with Crippen molar-refractivity contribution in [1.82, 2.24) is 14.7 Å². The van der Waals surface area contributed by atoms with E-state index in [9.17, 15) is 4.79 Å². The monoisotopic (exact) mass is 326 g/mol. The second-order valence-corrected chi connectivity index (χ2v) is 6.54. The van der Waals surface area contributed by atoms with Crippen molar-refractivity contribution < 1.29 is 9.53 Å². The molecule has 2 heterocycles. The van der Waals surface area contributed by atoms with Crippen molar-refractivity contribution in [2.45, 2.75) is 25.3 Å². The second kappa shape index (κ2) is 6.65. The van der Waals surface area contributed by atoms with Crippen molar-refractivity contribution in [3.63, 3.8) is 0 Å². The third-order valence-corrected chi connectivity index (χ3v) is 4.65. The molecule has 1 aromatic heterocycles. The van der Waals surface area contributed by atoms with Crippen LogP contribution in [0.15, 0.2) is 42.7 Å². The van der Waals surface area contributed by atoms with E-state index in [1.807, 2.05) is 41.4 Å². The van der Waals surface area contributed by atoms with Crippen LogP contribution in [0.3, 0.4) is 0 Å². The molecule has 0 radical (unpaired) electrons. The summed E-state index contributed by atoms with van der Waals surface area (Å²) in [5.74, 6) is 0.771. The van der Waals surface area contributed by atoms with E-state index in [0.717, 1.165) is 18.0 Å². The Bertz CT molecular complexity index is 696. The molecule has 1 aromatic carbocycles. The molecule has 1 aliphatic heterocycles. The molecule has 1 unspecified atom stereocenters. The third kappa shape index (κ3) is 3.43. The fourth-order valence-corrected chi connectivity index (χ4v) is 3.16. The Balaban J connectivity index is 1.42. The molecule has 126 valence electrons. The first-order valence-electron chi connectivity index (χ1n) is 8.55. The lowest BCUT2D eigenvalue weighted by molar-refractivity contribution is 0.0108. The molecule has 1 N–H and O–H groups in total. The molecule has 0 spiro atoms. The van der Waals surface area contributed by atoms with Crippen molar-refractivity contribution in [3.05, 3.63) is 42.7 Å². The number of hydrogen-bond donors (Lipinski definition) is 1. The van der Waals surface area contributed by atoms with Gasteiger partial charge in [-0.15, -0.1) is 0 Å². The van der Waals surface area contributed by atoms with Gasteiger partial charge in [-0.3, -0.25) is 0 Å². The van der Waals surface area contributed by atoms with E-state index in [1.165, 1.54) is 12.8 Å². The minimum atomic E-state index is -0.0587. The van der Waals surface area contributed by atoms with E-state index in [1.54, 1.807) is 10.9 Å². The van der Waals surface area contributed by atoms with E-state index in [2.05, 4.69) is 10.4 Å². The van der Waals surface area contributed by atoms with Crippen LogP contribution in [-0.2, 0) is 4.74 Å². The number of para-hydroxylation sites is 1. The van der Waals surface area contributed by atoms with E-state index in [4.69, 9.17) is 4.74 Å². The Morgan fingerprint density at radius 1 is 1.29 bits per heavy atom. The molecule has 6 nitrogen and oxygen atoms in total. The highest BCUT2D eigenvalue weighted by molar-refractivity contribution is 5.89. The van der Waals surface area contributed by atoms with E-state index in [-0.39, 0.29) is 12.1 Å². The Morgan fingerprint density at radius 2 is 2.12 bits per heavy atom. The van der Waals surface area contributed by atoms with Crippen LogP contribution < -0.4 is 5.32 Å². The minimum Gasteiger partial charge on any atom is -0.377 e. The van der Waals surface area contributed by atoms with Gasteiger partial charge in [0.05, 0.1) is 43.0 Å². The molecule has 1 saturated heterocycles. The zero-order valence-corrected chi connectivity index (χ0v) is 13.6. The normalized spacial score (nSPS) is 20.8. The standard InChI is InChI=1S/C18H22N4O2/c23-18(21-8-9-24-13-17(21)10-14-6-7-14)20-15-11-19-22(12-15)16-4-2-1-3-5-16/h1-5,11-12,14,17H,6-10,13H2,(H,20,23). The summed E-state index contributed by atoms with van der Waals surface area (Å²) in [6, 6.07) is 9.98. The van der Waals surface area contributed by atoms with Crippen molar-refractivity contribution in [2.24, 2.45) is 5.92 Å². The highest BCUT2D eigenvalue weighted by Crippen LogP contribution is 2.35. The van der Waals surface area contributed by atoms with Gasteiger partial charge in [-0.2, -0.15) is 5.10 Å². The number of nitrogens with zero attached hydrogens (tertiary/aromatic N) is 3. The first-order valence-corrected chi connectivity index (χ1v) is 8.55. The summed E-state index contributed by atoms with van der Waals surface area (Å²) in [6.45, 7) is 1.90. The largest absolute Gasteiger partial charge is 0.377 e. The van der Waals surface area contributed by atoms with Gasteiger partial charge >= 0.3 is 6.03 Å². The quantitative estimate of drug-likeness (QED) is 0.940. The summed E-state index contributed by atoms with van der Waals surface area (Å²) in [5, 5.41) is 7.29. The number of rotatable bonds is 4. The molecular weight excluding hydrogens is 304 g/mol. The summed E-state index contributed by atoms with van der Waals surface area (Å²) in [6.07, 6.45) is 7.15. The van der Waals surface area contributed by atoms with Crippen molar-refractivity contribution >= 4 is 11.7 Å². The molecule has 2 aromatic rings. The Hall–Kier alpha value is -2.34. The maximum atomic E-state index is 12.6. The third-order valence-electron chi connectivity index (χ3n) is 4.65. The lowest BCUT2D eigenvalue weighted by atomic mass is 10.1. The highest BCUT2D eigenvalue weighted by Gasteiger charge is 2.33. The number of morpholine rings is 1. The second-order valence-electron chi connectivity index (χ2n) is 6.54. The fraction of sp³-hybridized carbons (Fsp3) is 0.444. The number of amides is 2. The van der Waals surface area contributed by atoms with E-state index >= 15 is 0 Å². The molecule has 2 aliphatic rings. The molecule has 4 rings (SSSR count). The van der Waals surface area contributed by atoms with E-state index in [0.29, 0.717) is 25.4 Å². The van der Waals surface area contributed by atoms with Crippen molar-refractivity contribution in [1.29, 1.82) is 0 Å². The molecule has 2 amide bonds. The summed E-state index contributed by atoms with van der Waals surface area (Å²) in [4.78, 5) is 14.6. The molecule has 0 bridgehead atoms. The summed E-state index contributed by atoms with van der Waals surface area (Å²) >= 11 is 0. The van der Waals surface area contributed by atoms with Crippen LogP contribution in [0.25, 0.3) is 5.69 Å². The van der Waals surface area contributed by atoms with Crippen LogP contribution in [0, 0.1) is 5.92 Å². The van der Waals surface area contributed by atoms with Gasteiger partial charge in [0.15, 0.2) is 0 Å². The number of aromatic nitrogens is 2. The lowest BCUT2D eigenvalue weighted by Crippen LogP contribution is -2.50. The first kappa shape index (κ1) is 15.2. The van der Waals surface area contributed by atoms with Crippen LogP contribution in [-0.4, -0.2) is 46.5 Å². The van der Waals surface area contributed by atoms with Gasteiger partial charge in [0.1, 0.15) is 0 Å².